The molecule has 2 N–H and O–H groups in total. The second kappa shape index (κ2) is 8.26. The number of ether oxygens (including phenoxy) is 1. The summed E-state index contributed by atoms with van der Waals surface area (Å²) < 4.78 is 5.37. The summed E-state index contributed by atoms with van der Waals surface area (Å²) in [5.74, 6) is -1.11. The zero-order valence-electron chi connectivity index (χ0n) is 13.0. The summed E-state index contributed by atoms with van der Waals surface area (Å²) >= 11 is 1.38. The van der Waals surface area contributed by atoms with Gasteiger partial charge in [-0.15, -0.1) is 11.3 Å². The molecule has 1 amide bonds. The molecular weight excluding hydrogens is 330 g/mol. The topological polar surface area (TPSA) is 92.7 Å². The van der Waals surface area contributed by atoms with Crippen LogP contribution in [0.15, 0.2) is 41.8 Å². The van der Waals surface area contributed by atoms with Gasteiger partial charge in [0.15, 0.2) is 12.4 Å². The Morgan fingerprint density at radius 1 is 1.25 bits per heavy atom. The van der Waals surface area contributed by atoms with E-state index in [2.05, 4.69) is 5.32 Å². The van der Waals surface area contributed by atoms with Crippen molar-refractivity contribution >= 4 is 29.0 Å². The molecule has 0 saturated heterocycles. The van der Waals surface area contributed by atoms with Crippen molar-refractivity contribution in [2.24, 2.45) is 0 Å². The Morgan fingerprint density at radius 2 is 2.04 bits per heavy atom. The quantitative estimate of drug-likeness (QED) is 0.716. The molecule has 0 saturated carbocycles. The molecule has 0 radical (unpaired) electrons. The summed E-state index contributed by atoms with van der Waals surface area (Å²) in [5, 5.41) is 13.5. The second-order valence-electron chi connectivity index (χ2n) is 5.11. The number of rotatable bonds is 8. The van der Waals surface area contributed by atoms with Crippen LogP contribution < -0.4 is 10.1 Å². The van der Waals surface area contributed by atoms with Gasteiger partial charge in [0.1, 0.15) is 5.75 Å². The highest BCUT2D eigenvalue weighted by Gasteiger charge is 2.19. The van der Waals surface area contributed by atoms with Gasteiger partial charge in [0.25, 0.3) is 5.91 Å². The van der Waals surface area contributed by atoms with E-state index in [0.29, 0.717) is 11.3 Å². The summed E-state index contributed by atoms with van der Waals surface area (Å²) in [5.41, 5.74) is 0.496. The molecule has 0 unspecified atom stereocenters. The number of ketones is 1. The Bertz CT molecular complexity index is 726. The number of benzene rings is 1. The summed E-state index contributed by atoms with van der Waals surface area (Å²) in [6, 6.07) is 9.51. The van der Waals surface area contributed by atoms with Crippen LogP contribution in [0.5, 0.6) is 5.75 Å². The average molecular weight is 347 g/mol. The average Bonchev–Trinajstić information content (AvgIpc) is 3.06. The Balaban J connectivity index is 1.95. The van der Waals surface area contributed by atoms with Crippen molar-refractivity contribution in [2.75, 3.05) is 6.61 Å². The molecule has 1 atom stereocenters. The van der Waals surface area contributed by atoms with Crippen LogP contribution in [-0.2, 0) is 9.59 Å². The van der Waals surface area contributed by atoms with Crippen molar-refractivity contribution in [3.05, 3.63) is 52.2 Å². The van der Waals surface area contributed by atoms with Crippen molar-refractivity contribution < 1.29 is 24.2 Å². The highest BCUT2D eigenvalue weighted by atomic mass is 32.1. The number of amides is 1. The maximum atomic E-state index is 12.0. The Hall–Kier alpha value is -2.67. The number of hydrogen-bond donors (Lipinski definition) is 2. The highest BCUT2D eigenvalue weighted by molar-refractivity contribution is 7.10. The number of Topliss-reactive ketones (excluding diaryl/α,β-unsaturated/α-hetero) is 1. The molecule has 6 nitrogen and oxygen atoms in total. The van der Waals surface area contributed by atoms with Gasteiger partial charge in [0.2, 0.25) is 0 Å². The number of carboxylic acid groups (broad SMARTS) is 1. The molecule has 2 rings (SSSR count). The summed E-state index contributed by atoms with van der Waals surface area (Å²) in [6.45, 7) is 1.19. The van der Waals surface area contributed by atoms with E-state index in [0.717, 1.165) is 4.88 Å². The van der Waals surface area contributed by atoms with Gasteiger partial charge in [-0.05, 0) is 30.5 Å². The molecule has 0 spiro atoms. The van der Waals surface area contributed by atoms with Gasteiger partial charge < -0.3 is 15.2 Å². The predicted octanol–water partition coefficient (Wildman–Crippen LogP) is 2.66. The second-order valence-corrected chi connectivity index (χ2v) is 6.09. The lowest BCUT2D eigenvalue weighted by molar-refractivity contribution is -0.137. The molecule has 1 aromatic carbocycles. The minimum absolute atomic E-state index is 0.0934. The first-order chi connectivity index (χ1) is 11.5. The van der Waals surface area contributed by atoms with Gasteiger partial charge in [-0.1, -0.05) is 18.2 Å². The zero-order valence-corrected chi connectivity index (χ0v) is 13.8. The number of thiophene rings is 1. The lowest BCUT2D eigenvalue weighted by Gasteiger charge is -2.16. The summed E-state index contributed by atoms with van der Waals surface area (Å²) in [4.78, 5) is 35.1. The van der Waals surface area contributed by atoms with Crippen molar-refractivity contribution in [2.45, 2.75) is 19.4 Å². The smallest absolute Gasteiger partial charge is 0.305 e. The fourth-order valence-corrected chi connectivity index (χ4v) is 2.85. The SMILES string of the molecule is CC(=O)c1cccc(OCC(=O)N[C@@H](CC(=O)O)c2cccs2)c1. The monoisotopic (exact) mass is 347 g/mol. The van der Waals surface area contributed by atoms with E-state index in [1.807, 2.05) is 5.38 Å². The van der Waals surface area contributed by atoms with Crippen molar-refractivity contribution in [1.29, 1.82) is 0 Å². The molecule has 0 fully saturated rings. The van der Waals surface area contributed by atoms with E-state index in [-0.39, 0.29) is 18.8 Å². The maximum absolute atomic E-state index is 12.0. The van der Waals surface area contributed by atoms with E-state index < -0.39 is 17.9 Å². The number of carbonyl (C=O) groups is 3. The molecule has 126 valence electrons. The third-order valence-corrected chi connectivity index (χ3v) is 4.20. The molecule has 24 heavy (non-hydrogen) atoms. The minimum Gasteiger partial charge on any atom is -0.484 e. The van der Waals surface area contributed by atoms with Crippen molar-refractivity contribution in [1.82, 2.24) is 5.32 Å². The number of hydrogen-bond acceptors (Lipinski definition) is 5. The van der Waals surface area contributed by atoms with Crippen LogP contribution in [0.25, 0.3) is 0 Å². The normalized spacial score (nSPS) is 11.5. The van der Waals surface area contributed by atoms with Crippen LogP contribution in [0.1, 0.15) is 34.6 Å². The molecule has 0 aliphatic heterocycles. The first-order valence-corrected chi connectivity index (χ1v) is 8.12. The molecule has 0 aliphatic rings. The molecule has 2 aromatic rings. The number of carbonyl (C=O) groups excluding carboxylic acids is 2. The van der Waals surface area contributed by atoms with E-state index >= 15 is 0 Å². The van der Waals surface area contributed by atoms with E-state index in [9.17, 15) is 14.4 Å². The van der Waals surface area contributed by atoms with E-state index in [1.54, 1.807) is 36.4 Å². The number of aliphatic carboxylic acids is 1. The van der Waals surface area contributed by atoms with Gasteiger partial charge >= 0.3 is 5.97 Å². The predicted molar refractivity (Wildman–Crippen MR) is 89.4 cm³/mol. The lowest BCUT2D eigenvalue weighted by atomic mass is 10.1. The third kappa shape index (κ3) is 5.20. The Labute approximate surface area is 143 Å². The summed E-state index contributed by atoms with van der Waals surface area (Å²) in [6.07, 6.45) is -0.202. The van der Waals surface area contributed by atoms with Crippen LogP contribution in [0.3, 0.4) is 0 Å². The fraction of sp³-hybridized carbons (Fsp3) is 0.235. The molecular formula is C17H17NO5S. The molecule has 0 aliphatic carbocycles. The van der Waals surface area contributed by atoms with Crippen LogP contribution >= 0.6 is 11.3 Å². The van der Waals surface area contributed by atoms with Crippen molar-refractivity contribution in [3.8, 4) is 5.75 Å². The molecule has 7 heteroatoms. The minimum atomic E-state index is -0.997. The highest BCUT2D eigenvalue weighted by Crippen LogP contribution is 2.22. The number of carboxylic acids is 1. The first kappa shape index (κ1) is 17.7. The Kier molecular flexibility index (Phi) is 6.08. The van der Waals surface area contributed by atoms with Crippen LogP contribution in [0.2, 0.25) is 0 Å². The third-order valence-electron chi connectivity index (χ3n) is 3.21. The fourth-order valence-electron chi connectivity index (χ4n) is 2.08. The van der Waals surface area contributed by atoms with Gasteiger partial charge in [-0.2, -0.15) is 0 Å². The lowest BCUT2D eigenvalue weighted by Crippen LogP contribution is -2.33. The van der Waals surface area contributed by atoms with Gasteiger partial charge in [0.05, 0.1) is 12.5 Å². The molecule has 1 aromatic heterocycles. The zero-order chi connectivity index (χ0) is 17.5. The standard InChI is InChI=1S/C17H17NO5S/c1-11(19)12-4-2-5-13(8-12)23-10-16(20)18-14(9-17(21)22)15-6-3-7-24-15/h2-8,14H,9-10H2,1H3,(H,18,20)(H,21,22)/t14-/m0/s1. The van der Waals surface area contributed by atoms with Gasteiger partial charge in [0, 0.05) is 10.4 Å². The molecule has 1 heterocycles. The van der Waals surface area contributed by atoms with Crippen LogP contribution in [0, 0.1) is 0 Å². The van der Waals surface area contributed by atoms with E-state index in [1.165, 1.54) is 18.3 Å². The molecule has 0 bridgehead atoms. The van der Waals surface area contributed by atoms with Crippen molar-refractivity contribution in [3.63, 3.8) is 0 Å². The first-order valence-electron chi connectivity index (χ1n) is 7.24. The maximum Gasteiger partial charge on any atom is 0.305 e. The van der Waals surface area contributed by atoms with Gasteiger partial charge in [-0.3, -0.25) is 14.4 Å². The number of nitrogens with one attached hydrogen (secondary N) is 1. The Morgan fingerprint density at radius 3 is 2.67 bits per heavy atom. The van der Waals surface area contributed by atoms with Crippen LogP contribution in [0.4, 0.5) is 0 Å². The van der Waals surface area contributed by atoms with E-state index in [4.69, 9.17) is 9.84 Å². The van der Waals surface area contributed by atoms with Gasteiger partial charge in [-0.25, -0.2) is 0 Å². The summed E-state index contributed by atoms with van der Waals surface area (Å²) in [7, 11) is 0. The largest absolute Gasteiger partial charge is 0.484 e. The van der Waals surface area contributed by atoms with Crippen LogP contribution in [-0.4, -0.2) is 29.4 Å².